The largest absolute Gasteiger partial charge is 0.396 e. The quantitative estimate of drug-likeness (QED) is 0.449. The van der Waals surface area contributed by atoms with Gasteiger partial charge in [-0.2, -0.15) is 0 Å². The van der Waals surface area contributed by atoms with Crippen molar-refractivity contribution >= 4 is 0 Å². The highest BCUT2D eigenvalue weighted by Crippen LogP contribution is 1.97. The third-order valence-electron chi connectivity index (χ3n) is 1.66. The van der Waals surface area contributed by atoms with E-state index in [9.17, 15) is 0 Å². The molecule has 74 valence electrons. The molecule has 0 unspecified atom stereocenters. The van der Waals surface area contributed by atoms with Gasteiger partial charge in [-0.15, -0.1) is 6.58 Å². The van der Waals surface area contributed by atoms with Crippen molar-refractivity contribution in [2.24, 2.45) is 0 Å². The molecular weight excluding hydrogens is 160 g/mol. The number of hydrogen-bond acceptors (Lipinski definition) is 1. The van der Waals surface area contributed by atoms with E-state index in [1.54, 1.807) is 0 Å². The third kappa shape index (κ3) is 11.2. The van der Waals surface area contributed by atoms with Gasteiger partial charge in [0.05, 0.1) is 0 Å². The van der Waals surface area contributed by atoms with Crippen molar-refractivity contribution in [2.75, 3.05) is 6.61 Å². The van der Waals surface area contributed by atoms with Crippen molar-refractivity contribution in [1.82, 2.24) is 0 Å². The molecule has 0 aliphatic rings. The van der Waals surface area contributed by atoms with Gasteiger partial charge in [0.1, 0.15) is 0 Å². The van der Waals surface area contributed by atoms with Crippen LogP contribution in [0.15, 0.2) is 37.0 Å². The maximum absolute atomic E-state index is 8.51. The average Bonchev–Trinajstić information content (AvgIpc) is 2.16. The summed E-state index contributed by atoms with van der Waals surface area (Å²) in [6, 6.07) is 0. The summed E-state index contributed by atoms with van der Waals surface area (Å²) in [5.41, 5.74) is 0. The van der Waals surface area contributed by atoms with Gasteiger partial charge in [-0.3, -0.25) is 0 Å². The molecule has 0 aromatic heterocycles. The molecule has 0 bridgehead atoms. The summed E-state index contributed by atoms with van der Waals surface area (Å²) < 4.78 is 0. The lowest BCUT2D eigenvalue weighted by atomic mass is 10.2. The molecule has 0 atom stereocenters. The highest BCUT2D eigenvalue weighted by molar-refractivity contribution is 4.91. The smallest absolute Gasteiger partial charge is 0.0433 e. The van der Waals surface area contributed by atoms with Gasteiger partial charge in [-0.25, -0.2) is 0 Å². The number of aliphatic hydroxyl groups is 1. The Morgan fingerprint density at radius 3 is 2.15 bits per heavy atom. The van der Waals surface area contributed by atoms with E-state index in [-0.39, 0.29) is 0 Å². The maximum atomic E-state index is 8.51. The summed E-state index contributed by atoms with van der Waals surface area (Å²) in [6.45, 7) is 3.93. The Morgan fingerprint density at radius 1 is 0.923 bits per heavy atom. The molecule has 0 heterocycles. The molecule has 0 aliphatic carbocycles. The number of hydrogen-bond donors (Lipinski definition) is 1. The van der Waals surface area contributed by atoms with E-state index in [0.717, 1.165) is 32.1 Å². The van der Waals surface area contributed by atoms with Crippen LogP contribution in [0, 0.1) is 0 Å². The number of rotatable bonds is 8. The van der Waals surface area contributed by atoms with Crippen molar-refractivity contribution in [2.45, 2.75) is 32.1 Å². The molecule has 1 heteroatoms. The maximum Gasteiger partial charge on any atom is 0.0433 e. The molecule has 0 amide bonds. The van der Waals surface area contributed by atoms with Crippen LogP contribution in [0.3, 0.4) is 0 Å². The Bertz CT molecular complexity index is 157. The Hall–Kier alpha value is -0.820. The van der Waals surface area contributed by atoms with Crippen LogP contribution in [0.2, 0.25) is 0 Å². The second-order valence-corrected chi connectivity index (χ2v) is 2.91. The van der Waals surface area contributed by atoms with Gasteiger partial charge in [0.2, 0.25) is 0 Å². The van der Waals surface area contributed by atoms with Crippen molar-refractivity contribution in [3.8, 4) is 0 Å². The average molecular weight is 180 g/mol. The number of aliphatic hydroxyl groups excluding tert-OH is 1. The molecule has 0 aliphatic heterocycles. The molecule has 0 spiro atoms. The van der Waals surface area contributed by atoms with E-state index in [1.807, 2.05) is 6.08 Å². The molecule has 1 N–H and O–H groups in total. The molecule has 0 aromatic rings. The zero-order valence-electron chi connectivity index (χ0n) is 8.28. The predicted octanol–water partition coefficient (Wildman–Crippen LogP) is 3.23. The standard InChI is InChI=1S/C12H20O/c1-2-3-4-5-6-7-8-9-10-11-12-13/h2,4-5,8-9,13H,1,3,6-7,10-12H2/b5-4?,9-8-. The van der Waals surface area contributed by atoms with Crippen LogP contribution in [-0.2, 0) is 0 Å². The van der Waals surface area contributed by atoms with E-state index < -0.39 is 0 Å². The molecule has 0 saturated heterocycles. The minimum atomic E-state index is 0.295. The van der Waals surface area contributed by atoms with E-state index in [1.165, 1.54) is 0 Å². The normalized spacial score (nSPS) is 11.5. The van der Waals surface area contributed by atoms with Gasteiger partial charge in [0, 0.05) is 6.61 Å². The fraction of sp³-hybridized carbons (Fsp3) is 0.500. The molecule has 0 fully saturated rings. The van der Waals surface area contributed by atoms with Crippen LogP contribution in [0.25, 0.3) is 0 Å². The first-order valence-electron chi connectivity index (χ1n) is 4.93. The van der Waals surface area contributed by atoms with E-state index in [2.05, 4.69) is 30.9 Å². The Balaban J connectivity index is 3.14. The number of unbranched alkanes of at least 4 members (excludes halogenated alkanes) is 2. The van der Waals surface area contributed by atoms with Crippen LogP contribution in [0.1, 0.15) is 32.1 Å². The monoisotopic (exact) mass is 180 g/mol. The molecule has 1 nitrogen and oxygen atoms in total. The summed E-state index contributed by atoms with van der Waals surface area (Å²) in [5, 5.41) is 8.51. The summed E-state index contributed by atoms with van der Waals surface area (Å²) in [4.78, 5) is 0. The fourth-order valence-electron chi connectivity index (χ4n) is 0.948. The van der Waals surface area contributed by atoms with Gasteiger partial charge in [0.15, 0.2) is 0 Å². The predicted molar refractivity (Wildman–Crippen MR) is 58.6 cm³/mol. The minimum absolute atomic E-state index is 0.295. The number of allylic oxidation sites excluding steroid dienone is 5. The molecule has 0 rings (SSSR count). The highest BCUT2D eigenvalue weighted by Gasteiger charge is 1.79. The van der Waals surface area contributed by atoms with Crippen LogP contribution >= 0.6 is 0 Å². The Kier molecular flexibility index (Phi) is 10.5. The van der Waals surface area contributed by atoms with Gasteiger partial charge in [0.25, 0.3) is 0 Å². The lowest BCUT2D eigenvalue weighted by Crippen LogP contribution is -1.78. The lowest BCUT2D eigenvalue weighted by Gasteiger charge is -1.88. The molecular formula is C12H20O. The zero-order chi connectivity index (χ0) is 9.78. The lowest BCUT2D eigenvalue weighted by molar-refractivity contribution is 0.289. The van der Waals surface area contributed by atoms with Crippen LogP contribution < -0.4 is 0 Å². The van der Waals surface area contributed by atoms with E-state index in [4.69, 9.17) is 5.11 Å². The first-order chi connectivity index (χ1) is 6.41. The first kappa shape index (κ1) is 12.2. The van der Waals surface area contributed by atoms with Crippen molar-refractivity contribution < 1.29 is 5.11 Å². The third-order valence-corrected chi connectivity index (χ3v) is 1.66. The van der Waals surface area contributed by atoms with Crippen LogP contribution in [-0.4, -0.2) is 11.7 Å². The van der Waals surface area contributed by atoms with Crippen LogP contribution in [0.4, 0.5) is 0 Å². The Morgan fingerprint density at radius 2 is 1.54 bits per heavy atom. The zero-order valence-corrected chi connectivity index (χ0v) is 8.28. The van der Waals surface area contributed by atoms with Gasteiger partial charge >= 0.3 is 0 Å². The summed E-state index contributed by atoms with van der Waals surface area (Å²) in [7, 11) is 0. The summed E-state index contributed by atoms with van der Waals surface area (Å²) in [5.74, 6) is 0. The van der Waals surface area contributed by atoms with E-state index >= 15 is 0 Å². The molecule has 0 radical (unpaired) electrons. The van der Waals surface area contributed by atoms with Gasteiger partial charge in [-0.1, -0.05) is 30.4 Å². The fourth-order valence-corrected chi connectivity index (χ4v) is 0.948. The van der Waals surface area contributed by atoms with Crippen molar-refractivity contribution in [3.63, 3.8) is 0 Å². The topological polar surface area (TPSA) is 20.2 Å². The first-order valence-corrected chi connectivity index (χ1v) is 4.93. The van der Waals surface area contributed by atoms with Gasteiger partial charge < -0.3 is 5.11 Å². The molecule has 13 heavy (non-hydrogen) atoms. The minimum Gasteiger partial charge on any atom is -0.396 e. The Labute approximate surface area is 81.5 Å². The van der Waals surface area contributed by atoms with Crippen molar-refractivity contribution in [1.29, 1.82) is 0 Å². The highest BCUT2D eigenvalue weighted by atomic mass is 16.2. The summed E-state index contributed by atoms with van der Waals surface area (Å²) in [6.07, 6.45) is 15.6. The molecule has 0 saturated carbocycles. The summed E-state index contributed by atoms with van der Waals surface area (Å²) >= 11 is 0. The molecule has 0 aromatic carbocycles. The van der Waals surface area contributed by atoms with Crippen molar-refractivity contribution in [3.05, 3.63) is 37.0 Å². The van der Waals surface area contributed by atoms with Gasteiger partial charge in [-0.05, 0) is 32.1 Å². The van der Waals surface area contributed by atoms with Crippen LogP contribution in [0.5, 0.6) is 0 Å². The SMILES string of the molecule is C=CCC=CCC/C=C\CCCO. The second-order valence-electron chi connectivity index (χ2n) is 2.91. The second kappa shape index (κ2) is 11.2. The van der Waals surface area contributed by atoms with E-state index in [0.29, 0.717) is 6.61 Å².